The van der Waals surface area contributed by atoms with Gasteiger partial charge in [0.25, 0.3) is 5.91 Å². The molecule has 82 valence electrons. The molecule has 6 heteroatoms. The Morgan fingerprint density at radius 2 is 2.38 bits per heavy atom. The van der Waals surface area contributed by atoms with Crippen molar-refractivity contribution in [3.63, 3.8) is 0 Å². The predicted molar refractivity (Wildman–Crippen MR) is 65.9 cm³/mol. The average Bonchev–Trinajstić information content (AvgIpc) is 2.68. The van der Waals surface area contributed by atoms with E-state index in [4.69, 9.17) is 0 Å². The van der Waals surface area contributed by atoms with Crippen LogP contribution in [0.1, 0.15) is 10.4 Å². The lowest BCUT2D eigenvalue weighted by atomic mass is 10.3. The van der Waals surface area contributed by atoms with E-state index in [9.17, 15) is 9.90 Å². The number of aromatic hydroxyl groups is 1. The Hall–Kier alpha value is -1.40. The molecule has 2 N–H and O–H groups in total. The highest BCUT2D eigenvalue weighted by atomic mass is 79.9. The Labute approximate surface area is 104 Å². The number of nitrogens with zero attached hydrogens (tertiary/aromatic N) is 1. The van der Waals surface area contributed by atoms with Gasteiger partial charge in [0.1, 0.15) is 0 Å². The van der Waals surface area contributed by atoms with Gasteiger partial charge in [0, 0.05) is 11.6 Å². The number of hydrogen-bond acceptors (Lipinski definition) is 4. The molecule has 2 heterocycles. The van der Waals surface area contributed by atoms with Crippen LogP contribution in [0.4, 0.5) is 5.82 Å². The average molecular weight is 299 g/mol. The summed E-state index contributed by atoms with van der Waals surface area (Å²) in [6.07, 6.45) is 1.50. The van der Waals surface area contributed by atoms with Gasteiger partial charge in [-0.25, -0.2) is 4.98 Å². The quantitative estimate of drug-likeness (QED) is 0.896. The molecule has 0 saturated heterocycles. The highest BCUT2D eigenvalue weighted by Crippen LogP contribution is 2.23. The molecule has 0 fully saturated rings. The molecule has 0 aliphatic rings. The second-order valence-corrected chi connectivity index (χ2v) is 5.26. The summed E-state index contributed by atoms with van der Waals surface area (Å²) >= 11 is 4.69. The summed E-state index contributed by atoms with van der Waals surface area (Å²) in [5.41, 5.74) is 0.530. The first-order chi connectivity index (χ1) is 7.66. The van der Waals surface area contributed by atoms with Gasteiger partial charge < -0.3 is 10.4 Å². The van der Waals surface area contributed by atoms with Crippen LogP contribution in [-0.4, -0.2) is 16.0 Å². The fourth-order valence-corrected chi connectivity index (χ4v) is 2.24. The normalized spacial score (nSPS) is 10.1. The third-order valence-electron chi connectivity index (χ3n) is 1.85. The van der Waals surface area contributed by atoms with Crippen LogP contribution in [0.15, 0.2) is 33.6 Å². The Morgan fingerprint density at radius 3 is 3.00 bits per heavy atom. The number of amides is 1. The standard InChI is InChI=1S/C10H7BrN2O2S/c11-8-4-6(5-16-8)10(15)13-9-7(14)2-1-3-12-9/h1-5,14H,(H,12,13,15). The molecule has 0 aliphatic heterocycles. The van der Waals surface area contributed by atoms with Crippen LogP contribution in [0.25, 0.3) is 0 Å². The topological polar surface area (TPSA) is 62.2 Å². The molecule has 0 spiro atoms. The third-order valence-corrected chi connectivity index (χ3v) is 3.35. The lowest BCUT2D eigenvalue weighted by molar-refractivity contribution is 0.102. The zero-order valence-corrected chi connectivity index (χ0v) is 10.4. The van der Waals surface area contributed by atoms with Gasteiger partial charge in [0.15, 0.2) is 11.6 Å². The Kier molecular flexibility index (Phi) is 3.21. The lowest BCUT2D eigenvalue weighted by Crippen LogP contribution is -2.11. The molecule has 1 amide bonds. The Bertz CT molecular complexity index is 527. The molecule has 0 saturated carbocycles. The second-order valence-electron chi connectivity index (χ2n) is 2.96. The van der Waals surface area contributed by atoms with E-state index in [0.717, 1.165) is 3.79 Å². The number of pyridine rings is 1. The third kappa shape index (κ3) is 2.40. The van der Waals surface area contributed by atoms with Crippen molar-refractivity contribution in [2.45, 2.75) is 0 Å². The van der Waals surface area contributed by atoms with Crippen LogP contribution in [0, 0.1) is 0 Å². The van der Waals surface area contributed by atoms with Crippen LogP contribution in [0.5, 0.6) is 5.75 Å². The van der Waals surface area contributed by atoms with E-state index in [-0.39, 0.29) is 17.5 Å². The summed E-state index contributed by atoms with van der Waals surface area (Å²) in [6.45, 7) is 0. The smallest absolute Gasteiger partial charge is 0.257 e. The van der Waals surface area contributed by atoms with Gasteiger partial charge in [0.05, 0.1) is 9.35 Å². The number of aromatic nitrogens is 1. The van der Waals surface area contributed by atoms with Crippen molar-refractivity contribution in [3.05, 3.63) is 39.1 Å². The van der Waals surface area contributed by atoms with E-state index in [1.54, 1.807) is 17.5 Å². The van der Waals surface area contributed by atoms with Crippen molar-refractivity contribution in [2.24, 2.45) is 0 Å². The molecule has 4 nitrogen and oxygen atoms in total. The summed E-state index contributed by atoms with van der Waals surface area (Å²) in [7, 11) is 0. The van der Waals surface area contributed by atoms with Gasteiger partial charge in [-0.1, -0.05) is 0 Å². The van der Waals surface area contributed by atoms with Crippen LogP contribution < -0.4 is 5.32 Å². The SMILES string of the molecule is O=C(Nc1ncccc1O)c1csc(Br)c1. The van der Waals surface area contributed by atoms with E-state index in [1.807, 2.05) is 0 Å². The van der Waals surface area contributed by atoms with E-state index in [0.29, 0.717) is 5.56 Å². The van der Waals surface area contributed by atoms with Gasteiger partial charge in [-0.05, 0) is 34.1 Å². The summed E-state index contributed by atoms with van der Waals surface area (Å²) < 4.78 is 0.878. The fraction of sp³-hybridized carbons (Fsp3) is 0. The molecule has 0 unspecified atom stereocenters. The van der Waals surface area contributed by atoms with E-state index < -0.39 is 0 Å². The summed E-state index contributed by atoms with van der Waals surface area (Å²) in [4.78, 5) is 15.6. The highest BCUT2D eigenvalue weighted by molar-refractivity contribution is 9.11. The van der Waals surface area contributed by atoms with Crippen molar-refractivity contribution >= 4 is 39.0 Å². The van der Waals surface area contributed by atoms with Gasteiger partial charge in [-0.15, -0.1) is 11.3 Å². The van der Waals surface area contributed by atoms with Crippen molar-refractivity contribution in [2.75, 3.05) is 5.32 Å². The molecule has 2 rings (SSSR count). The highest BCUT2D eigenvalue weighted by Gasteiger charge is 2.10. The largest absolute Gasteiger partial charge is 0.504 e. The molecular formula is C10H7BrN2O2S. The van der Waals surface area contributed by atoms with Crippen molar-refractivity contribution in [1.82, 2.24) is 4.98 Å². The molecule has 0 radical (unpaired) electrons. The predicted octanol–water partition coefficient (Wildman–Crippen LogP) is 2.86. The molecule has 2 aromatic rings. The van der Waals surface area contributed by atoms with E-state index in [2.05, 4.69) is 26.2 Å². The minimum absolute atomic E-state index is 0.0508. The van der Waals surface area contributed by atoms with Gasteiger partial charge in [0.2, 0.25) is 0 Å². The first-order valence-electron chi connectivity index (χ1n) is 4.36. The molecular weight excluding hydrogens is 292 g/mol. The van der Waals surface area contributed by atoms with Crippen LogP contribution in [0.3, 0.4) is 0 Å². The molecule has 0 bridgehead atoms. The number of nitrogens with one attached hydrogen (secondary N) is 1. The molecule has 2 aromatic heterocycles. The van der Waals surface area contributed by atoms with Gasteiger partial charge in [-0.2, -0.15) is 0 Å². The zero-order chi connectivity index (χ0) is 11.5. The van der Waals surface area contributed by atoms with Crippen LogP contribution in [-0.2, 0) is 0 Å². The van der Waals surface area contributed by atoms with Crippen molar-refractivity contribution in [1.29, 1.82) is 0 Å². The Morgan fingerprint density at radius 1 is 1.56 bits per heavy atom. The number of thiophene rings is 1. The minimum atomic E-state index is -0.295. The molecule has 0 aliphatic carbocycles. The summed E-state index contributed by atoms with van der Waals surface area (Å²) in [6, 6.07) is 4.76. The number of hydrogen-bond donors (Lipinski definition) is 2. The lowest BCUT2D eigenvalue weighted by Gasteiger charge is -2.03. The zero-order valence-electron chi connectivity index (χ0n) is 7.98. The van der Waals surface area contributed by atoms with E-state index >= 15 is 0 Å². The van der Waals surface area contributed by atoms with Crippen molar-refractivity contribution in [3.8, 4) is 5.75 Å². The number of carbonyl (C=O) groups is 1. The number of halogens is 1. The molecule has 16 heavy (non-hydrogen) atoms. The fourth-order valence-electron chi connectivity index (χ4n) is 1.10. The maximum absolute atomic E-state index is 11.7. The van der Waals surface area contributed by atoms with Crippen LogP contribution in [0.2, 0.25) is 0 Å². The van der Waals surface area contributed by atoms with Gasteiger partial charge >= 0.3 is 0 Å². The maximum Gasteiger partial charge on any atom is 0.257 e. The number of carbonyl (C=O) groups excluding carboxylic acids is 1. The summed E-state index contributed by atoms with van der Waals surface area (Å²) in [5, 5.41) is 13.7. The number of anilines is 1. The van der Waals surface area contributed by atoms with Crippen molar-refractivity contribution < 1.29 is 9.90 Å². The number of rotatable bonds is 2. The Balaban J connectivity index is 2.17. The van der Waals surface area contributed by atoms with Gasteiger partial charge in [-0.3, -0.25) is 4.79 Å². The first-order valence-corrected chi connectivity index (χ1v) is 6.03. The van der Waals surface area contributed by atoms with Crippen LogP contribution >= 0.6 is 27.3 Å². The maximum atomic E-state index is 11.7. The monoisotopic (exact) mass is 298 g/mol. The second kappa shape index (κ2) is 4.63. The minimum Gasteiger partial charge on any atom is -0.504 e. The molecule has 0 atom stereocenters. The summed E-state index contributed by atoms with van der Waals surface area (Å²) in [5.74, 6) is -0.184. The van der Waals surface area contributed by atoms with E-state index in [1.165, 1.54) is 23.6 Å². The first kappa shape index (κ1) is 11.1. The molecule has 0 aromatic carbocycles.